The van der Waals surface area contributed by atoms with E-state index in [9.17, 15) is 19.5 Å². The molecular weight excluding hydrogens is 700 g/mol. The summed E-state index contributed by atoms with van der Waals surface area (Å²) in [5.41, 5.74) is 1.28. The molecule has 2 aliphatic carbocycles. The predicted octanol–water partition coefficient (Wildman–Crippen LogP) is 6.66. The number of thiophene rings is 1. The van der Waals surface area contributed by atoms with Crippen LogP contribution in [0.25, 0.3) is 20.7 Å². The highest BCUT2D eigenvalue weighted by molar-refractivity contribution is 7.22. The number of carbonyl (C=O) groups is 4. The molecule has 0 bridgehead atoms. The van der Waals surface area contributed by atoms with E-state index in [2.05, 4.69) is 0 Å². The quantitative estimate of drug-likeness (QED) is 0.173. The van der Waals surface area contributed by atoms with E-state index in [-0.39, 0.29) is 43.3 Å². The van der Waals surface area contributed by atoms with Gasteiger partial charge >= 0.3 is 0 Å². The molecule has 270 valence electrons. The SMILES string of the molecule is Cc1c(-c2cc(N3C(=O)C4CC5C(=CCC6C(=O)N(C(C)(C)C)C(=O)C65)C(c5ccccc5OCCO)C4(C)C3=O)n(C)n2)sc2ccc(Cl)cc12. The van der Waals surface area contributed by atoms with Gasteiger partial charge in [-0.15, -0.1) is 11.3 Å². The van der Waals surface area contributed by atoms with Gasteiger partial charge in [-0.05, 0) is 88.6 Å². The number of hydrogen-bond donors (Lipinski definition) is 1. The van der Waals surface area contributed by atoms with E-state index >= 15 is 4.79 Å². The Morgan fingerprint density at radius 2 is 1.79 bits per heavy atom. The highest BCUT2D eigenvalue weighted by atomic mass is 35.5. The molecule has 1 N–H and O–H groups in total. The molecule has 6 atom stereocenters. The summed E-state index contributed by atoms with van der Waals surface area (Å²) < 4.78 is 8.69. The van der Waals surface area contributed by atoms with Gasteiger partial charge < -0.3 is 9.84 Å². The molecule has 1 saturated carbocycles. The largest absolute Gasteiger partial charge is 0.491 e. The Kier molecular flexibility index (Phi) is 8.09. The first kappa shape index (κ1) is 34.7. The van der Waals surface area contributed by atoms with Crippen LogP contribution in [0.4, 0.5) is 5.82 Å². The molecule has 2 aliphatic heterocycles. The first-order valence-electron chi connectivity index (χ1n) is 17.7. The first-order chi connectivity index (χ1) is 24.7. The smallest absolute Gasteiger partial charge is 0.242 e. The lowest BCUT2D eigenvalue weighted by atomic mass is 9.51. The Morgan fingerprint density at radius 1 is 1.04 bits per heavy atom. The monoisotopic (exact) mass is 740 g/mol. The van der Waals surface area contributed by atoms with Gasteiger partial charge in [0.2, 0.25) is 23.6 Å². The average Bonchev–Trinajstić information content (AvgIpc) is 3.77. The molecule has 10 nitrogen and oxygen atoms in total. The summed E-state index contributed by atoms with van der Waals surface area (Å²) in [7, 11) is 1.73. The minimum absolute atomic E-state index is 0.0464. The number of aromatic nitrogens is 2. The lowest BCUT2D eigenvalue weighted by molar-refractivity contribution is -0.145. The number of ether oxygens (including phenoxy) is 1. The van der Waals surface area contributed by atoms with Crippen molar-refractivity contribution in [3.05, 3.63) is 76.3 Å². The highest BCUT2D eigenvalue weighted by Crippen LogP contribution is 2.64. The summed E-state index contributed by atoms with van der Waals surface area (Å²) >= 11 is 7.89. The van der Waals surface area contributed by atoms with Gasteiger partial charge in [0.25, 0.3) is 0 Å². The number of allylic oxidation sites excluding steroid dienone is 2. The van der Waals surface area contributed by atoms with Gasteiger partial charge in [-0.25, -0.2) is 4.90 Å². The molecule has 6 unspecified atom stereocenters. The van der Waals surface area contributed by atoms with Gasteiger partial charge in [0.15, 0.2) is 0 Å². The van der Waals surface area contributed by atoms with Gasteiger partial charge in [-0.3, -0.25) is 28.8 Å². The average molecular weight is 741 g/mol. The summed E-state index contributed by atoms with van der Waals surface area (Å²) in [4.78, 5) is 61.6. The van der Waals surface area contributed by atoms with Gasteiger partial charge in [-0.2, -0.15) is 5.10 Å². The van der Waals surface area contributed by atoms with Crippen LogP contribution in [0.5, 0.6) is 5.75 Å². The number of hydrogen-bond acceptors (Lipinski definition) is 8. The normalized spacial score (nSPS) is 27.3. The standard InChI is InChI=1S/C40H41ClN4O6S/c1-20-25-17-21(41)11-14-30(25)52-34(20)28-19-31(43(6)42-28)44-36(48)27-18-26-22(12-13-24-32(26)37(49)45(35(24)47)39(2,3)4)33(40(27,5)38(44)50)23-9-7-8-10-29(23)51-16-15-46/h7-12,14,17,19,24,26-27,32-33,46H,13,15-16,18H2,1-6H3. The maximum absolute atomic E-state index is 15.1. The minimum Gasteiger partial charge on any atom is -0.491 e. The fourth-order valence-corrected chi connectivity index (χ4v) is 10.8. The second kappa shape index (κ2) is 12.1. The number of benzene rings is 2. The third-order valence-corrected chi connectivity index (χ3v) is 13.3. The number of aryl methyl sites for hydroxylation is 2. The van der Waals surface area contributed by atoms with Crippen LogP contribution in [0.3, 0.4) is 0 Å². The van der Waals surface area contributed by atoms with Crippen LogP contribution in [0.15, 0.2) is 60.2 Å². The molecule has 8 rings (SSSR count). The number of aliphatic hydroxyl groups is 1. The Balaban J connectivity index is 1.26. The molecule has 12 heteroatoms. The lowest BCUT2D eigenvalue weighted by Crippen LogP contribution is -2.49. The van der Waals surface area contributed by atoms with Gasteiger partial charge in [0.05, 0.1) is 34.7 Å². The summed E-state index contributed by atoms with van der Waals surface area (Å²) in [6, 6.07) is 15.0. The van der Waals surface area contributed by atoms with E-state index in [0.717, 1.165) is 26.1 Å². The Bertz CT molecular complexity index is 2230. The van der Waals surface area contributed by atoms with Crippen LogP contribution >= 0.6 is 22.9 Å². The number of amides is 4. The van der Waals surface area contributed by atoms with E-state index < -0.39 is 40.5 Å². The molecule has 3 fully saturated rings. The number of halogens is 1. The summed E-state index contributed by atoms with van der Waals surface area (Å²) in [5, 5.41) is 16.1. The molecular formula is C40H41ClN4O6S. The number of nitrogens with zero attached hydrogens (tertiary/aromatic N) is 4. The zero-order valence-electron chi connectivity index (χ0n) is 30.0. The second-order valence-corrected chi connectivity index (χ2v) is 17.2. The molecule has 4 aliphatic rings. The number of anilines is 1. The molecule has 4 aromatic rings. The number of imide groups is 2. The van der Waals surface area contributed by atoms with Crippen molar-refractivity contribution in [1.82, 2.24) is 14.7 Å². The molecule has 0 radical (unpaired) electrons. The number of aliphatic hydroxyl groups excluding tert-OH is 1. The summed E-state index contributed by atoms with van der Waals surface area (Å²) in [5.74, 6) is -3.32. The van der Waals surface area contributed by atoms with Crippen molar-refractivity contribution in [2.75, 3.05) is 18.1 Å². The van der Waals surface area contributed by atoms with Crippen LogP contribution in [0, 0.1) is 36.0 Å². The Hall–Kier alpha value is -4.32. The van der Waals surface area contributed by atoms with Gasteiger partial charge in [0, 0.05) is 39.9 Å². The zero-order valence-corrected chi connectivity index (χ0v) is 31.5. The van der Waals surface area contributed by atoms with Crippen molar-refractivity contribution >= 4 is 62.5 Å². The zero-order chi connectivity index (χ0) is 37.0. The molecule has 2 saturated heterocycles. The van der Waals surface area contributed by atoms with Gasteiger partial charge in [-0.1, -0.05) is 41.4 Å². The lowest BCUT2D eigenvalue weighted by Gasteiger charge is -2.49. The number of rotatable bonds is 6. The van der Waals surface area contributed by atoms with E-state index in [1.54, 1.807) is 35.2 Å². The van der Waals surface area contributed by atoms with Crippen molar-refractivity contribution in [3.63, 3.8) is 0 Å². The van der Waals surface area contributed by atoms with Crippen LogP contribution in [-0.2, 0) is 26.2 Å². The third-order valence-electron chi connectivity index (χ3n) is 11.7. The van der Waals surface area contributed by atoms with E-state index in [1.165, 1.54) is 9.80 Å². The molecule has 2 aromatic heterocycles. The molecule has 4 heterocycles. The fourth-order valence-electron chi connectivity index (χ4n) is 9.46. The first-order valence-corrected chi connectivity index (χ1v) is 18.9. The topological polar surface area (TPSA) is 122 Å². The fraction of sp³-hybridized carbons (Fsp3) is 0.425. The molecule has 4 amide bonds. The second-order valence-electron chi connectivity index (χ2n) is 15.7. The minimum atomic E-state index is -1.25. The third kappa shape index (κ3) is 4.88. The summed E-state index contributed by atoms with van der Waals surface area (Å²) in [6.45, 7) is 9.29. The number of carbonyl (C=O) groups excluding carboxylic acids is 4. The van der Waals surface area contributed by atoms with Crippen molar-refractivity contribution in [2.45, 2.75) is 58.9 Å². The maximum atomic E-state index is 15.1. The van der Waals surface area contributed by atoms with Crippen molar-refractivity contribution in [3.8, 4) is 16.3 Å². The van der Waals surface area contributed by atoms with Crippen molar-refractivity contribution in [1.29, 1.82) is 0 Å². The van der Waals surface area contributed by atoms with E-state index in [0.29, 0.717) is 34.3 Å². The molecule has 2 aromatic carbocycles. The number of likely N-dealkylation sites (tertiary alicyclic amines) is 1. The maximum Gasteiger partial charge on any atom is 0.242 e. The Morgan fingerprint density at radius 3 is 2.52 bits per heavy atom. The van der Waals surface area contributed by atoms with Crippen LogP contribution in [0.2, 0.25) is 5.02 Å². The van der Waals surface area contributed by atoms with Crippen molar-refractivity contribution in [2.24, 2.45) is 36.1 Å². The van der Waals surface area contributed by atoms with Crippen molar-refractivity contribution < 1.29 is 29.0 Å². The summed E-state index contributed by atoms with van der Waals surface area (Å²) in [6.07, 6.45) is 2.65. The van der Waals surface area contributed by atoms with Crippen LogP contribution in [0.1, 0.15) is 57.6 Å². The number of para-hydroxylation sites is 1. The number of fused-ring (bicyclic) bond motifs is 5. The Labute approximate surface area is 311 Å². The van der Waals surface area contributed by atoms with Crippen LogP contribution in [-0.4, -0.2) is 62.2 Å². The molecule has 0 spiro atoms. The van der Waals surface area contributed by atoms with E-state index in [1.807, 2.05) is 77.1 Å². The van der Waals surface area contributed by atoms with Gasteiger partial charge in [0.1, 0.15) is 23.9 Å². The highest BCUT2D eigenvalue weighted by Gasteiger charge is 2.68. The van der Waals surface area contributed by atoms with E-state index in [4.69, 9.17) is 21.4 Å². The predicted molar refractivity (Wildman–Crippen MR) is 199 cm³/mol. The van der Waals surface area contributed by atoms with Crippen LogP contribution < -0.4 is 9.64 Å². The molecule has 52 heavy (non-hydrogen) atoms.